The molecule has 1 aliphatic rings. The molecule has 1 heterocycles. The first kappa shape index (κ1) is 32.9. The lowest BCUT2D eigenvalue weighted by Crippen LogP contribution is -2.49. The van der Waals surface area contributed by atoms with Gasteiger partial charge in [-0.05, 0) is 62.2 Å². The zero-order chi connectivity index (χ0) is 29.8. The summed E-state index contributed by atoms with van der Waals surface area (Å²) in [5, 5.41) is -0.305. The number of thioether (sulfide) groups is 1. The maximum Gasteiger partial charge on any atom is 0.328 e. The van der Waals surface area contributed by atoms with E-state index in [0.29, 0.717) is 43.2 Å². The van der Waals surface area contributed by atoms with Gasteiger partial charge in [0.25, 0.3) is 11.8 Å². The van der Waals surface area contributed by atoms with Gasteiger partial charge in [-0.25, -0.2) is 0 Å². The Morgan fingerprint density at radius 2 is 1.68 bits per heavy atom. The minimum atomic E-state index is -1.04. The van der Waals surface area contributed by atoms with Gasteiger partial charge in [0.2, 0.25) is 0 Å². The number of piperazine rings is 1. The summed E-state index contributed by atoms with van der Waals surface area (Å²) < 4.78 is 10.6. The molecular weight excluding hydrogens is 564 g/mol. The quantitative estimate of drug-likeness (QED) is 0.259. The number of hydrogen-bond donors (Lipinski definition) is 1. The summed E-state index contributed by atoms with van der Waals surface area (Å²) in [4.78, 5) is 44.9. The number of hydrogen-bond acceptors (Lipinski definition) is 8. The first-order valence-corrected chi connectivity index (χ1v) is 15.3. The Kier molecular flexibility index (Phi) is 13.4. The number of esters is 1. The van der Waals surface area contributed by atoms with E-state index < -0.39 is 17.1 Å². The molecule has 2 amide bonds. The van der Waals surface area contributed by atoms with Crippen LogP contribution in [0, 0.1) is 0 Å². The van der Waals surface area contributed by atoms with E-state index in [9.17, 15) is 14.4 Å². The normalized spacial score (nSPS) is 14.6. The summed E-state index contributed by atoms with van der Waals surface area (Å²) in [6.45, 7) is 8.56. The number of methoxy groups -OCH3 is 1. The third-order valence-electron chi connectivity index (χ3n) is 6.79. The van der Waals surface area contributed by atoms with Gasteiger partial charge in [0, 0.05) is 67.8 Å². The molecule has 2 aromatic carbocycles. The lowest BCUT2D eigenvalue weighted by atomic mass is 10.1. The highest BCUT2D eigenvalue weighted by atomic mass is 35.5. The number of nitrogens with zero attached hydrogens (tertiary/aromatic N) is 3. The van der Waals surface area contributed by atoms with Crippen molar-refractivity contribution in [2.24, 2.45) is 5.73 Å². The topological polar surface area (TPSA) is 105 Å². The van der Waals surface area contributed by atoms with E-state index in [-0.39, 0.29) is 18.6 Å². The number of rotatable bonds is 14. The van der Waals surface area contributed by atoms with Crippen LogP contribution in [0.4, 0.5) is 5.69 Å². The van der Waals surface area contributed by atoms with Crippen molar-refractivity contribution in [3.63, 3.8) is 0 Å². The number of carbonyl (C=O) groups excluding carboxylic acids is 3. The average molecular weight is 605 g/mol. The second-order valence-corrected chi connectivity index (χ2v) is 11.7. The number of anilines is 1. The highest BCUT2D eigenvalue weighted by Gasteiger charge is 2.33. The lowest BCUT2D eigenvalue weighted by molar-refractivity contribution is -0.142. The molecule has 2 N–H and O–H groups in total. The summed E-state index contributed by atoms with van der Waals surface area (Å²) in [7, 11) is 1.26. The van der Waals surface area contributed by atoms with Gasteiger partial charge in [0.1, 0.15) is 0 Å². The zero-order valence-corrected chi connectivity index (χ0v) is 25.7. The van der Waals surface area contributed by atoms with E-state index in [1.807, 2.05) is 43.0 Å². The summed E-state index contributed by atoms with van der Waals surface area (Å²) in [6, 6.07) is 14.9. The van der Waals surface area contributed by atoms with Crippen LogP contribution in [0.5, 0.6) is 0 Å². The fraction of sp³-hybridized carbons (Fsp3) is 0.500. The van der Waals surface area contributed by atoms with Crippen LogP contribution in [0.25, 0.3) is 0 Å². The predicted molar refractivity (Wildman–Crippen MR) is 165 cm³/mol. The van der Waals surface area contributed by atoms with Crippen LogP contribution in [0.1, 0.15) is 29.8 Å². The molecule has 0 radical (unpaired) electrons. The maximum absolute atomic E-state index is 13.5. The van der Waals surface area contributed by atoms with E-state index in [2.05, 4.69) is 4.90 Å². The number of amides is 2. The van der Waals surface area contributed by atoms with E-state index in [1.54, 1.807) is 24.3 Å². The van der Waals surface area contributed by atoms with Crippen molar-refractivity contribution < 1.29 is 23.9 Å². The smallest absolute Gasteiger partial charge is 0.328 e. The van der Waals surface area contributed by atoms with Crippen LogP contribution in [0.15, 0.2) is 48.5 Å². The third-order valence-corrected chi connectivity index (χ3v) is 8.24. The Balaban J connectivity index is 1.63. The van der Waals surface area contributed by atoms with Crippen LogP contribution >= 0.6 is 23.4 Å². The van der Waals surface area contributed by atoms with Crippen LogP contribution in [-0.4, -0.2) is 104 Å². The Morgan fingerprint density at radius 3 is 2.27 bits per heavy atom. The minimum Gasteiger partial charge on any atom is -0.468 e. The van der Waals surface area contributed by atoms with E-state index >= 15 is 0 Å². The van der Waals surface area contributed by atoms with Gasteiger partial charge in [-0.1, -0.05) is 23.7 Å². The second-order valence-electron chi connectivity index (χ2n) is 10.0. The number of halogens is 1. The molecule has 1 fully saturated rings. The lowest BCUT2D eigenvalue weighted by Gasteiger charge is -2.35. The van der Waals surface area contributed by atoms with Gasteiger partial charge < -0.3 is 25.0 Å². The Bertz CT molecular complexity index is 1120. The average Bonchev–Trinajstić information content (AvgIpc) is 2.99. The highest BCUT2D eigenvalue weighted by molar-refractivity contribution is 8.01. The minimum absolute atomic E-state index is 0.00660. The SMILES string of the molecule is COC(=O)C(SCCN)C(=O)N(CCOC(C)C)c1ccc(C(=O)N2CCN(CCc3ccc(Cl)cc3)CC2)cc1. The van der Waals surface area contributed by atoms with Crippen molar-refractivity contribution in [1.29, 1.82) is 0 Å². The molecule has 0 aliphatic carbocycles. The first-order chi connectivity index (χ1) is 19.7. The van der Waals surface area contributed by atoms with E-state index in [1.165, 1.54) is 17.6 Å². The monoisotopic (exact) mass is 604 g/mol. The number of nitrogens with two attached hydrogens (primary N) is 1. The number of ether oxygens (including phenoxy) is 2. The summed E-state index contributed by atoms with van der Waals surface area (Å²) in [5.74, 6) is -0.636. The van der Waals surface area contributed by atoms with Gasteiger partial charge in [-0.2, -0.15) is 0 Å². The molecule has 3 rings (SSSR count). The summed E-state index contributed by atoms with van der Waals surface area (Å²) >= 11 is 7.13. The fourth-order valence-electron chi connectivity index (χ4n) is 4.50. The Morgan fingerprint density at radius 1 is 1.02 bits per heavy atom. The molecular formula is C30H41ClN4O5S. The standard InChI is InChI=1S/C30H41ClN4O5S/c1-22(2)40-20-19-35(29(37)27(30(38)39-3)41-21-13-32)26-10-6-24(7-11-26)28(36)34-17-15-33(16-18-34)14-12-23-4-8-25(31)9-5-23/h4-11,22,27H,12-21,32H2,1-3H3. The van der Waals surface area contributed by atoms with Gasteiger partial charge in [-0.3, -0.25) is 19.3 Å². The maximum atomic E-state index is 13.5. The molecule has 0 aromatic heterocycles. The highest BCUT2D eigenvalue weighted by Crippen LogP contribution is 2.23. The van der Waals surface area contributed by atoms with Gasteiger partial charge >= 0.3 is 5.97 Å². The van der Waals surface area contributed by atoms with Crippen molar-refractivity contribution in [2.75, 3.05) is 70.2 Å². The van der Waals surface area contributed by atoms with Crippen molar-refractivity contribution in [1.82, 2.24) is 9.80 Å². The second kappa shape index (κ2) is 16.7. The molecule has 11 heteroatoms. The van der Waals surface area contributed by atoms with Gasteiger partial charge in [0.05, 0.1) is 19.8 Å². The summed E-state index contributed by atoms with van der Waals surface area (Å²) in [5.41, 5.74) is 7.99. The van der Waals surface area contributed by atoms with Crippen molar-refractivity contribution >= 4 is 46.8 Å². The third kappa shape index (κ3) is 10.0. The largest absolute Gasteiger partial charge is 0.468 e. The first-order valence-electron chi connectivity index (χ1n) is 13.9. The van der Waals surface area contributed by atoms with Crippen molar-refractivity contribution in [3.05, 3.63) is 64.7 Å². The summed E-state index contributed by atoms with van der Waals surface area (Å²) in [6.07, 6.45) is 0.929. The van der Waals surface area contributed by atoms with Gasteiger partial charge in [-0.15, -0.1) is 11.8 Å². The molecule has 0 spiro atoms. The molecule has 41 heavy (non-hydrogen) atoms. The van der Waals surface area contributed by atoms with Crippen LogP contribution in [0.2, 0.25) is 5.02 Å². The van der Waals surface area contributed by atoms with E-state index in [4.69, 9.17) is 26.8 Å². The van der Waals surface area contributed by atoms with Crippen LogP contribution in [-0.2, 0) is 25.5 Å². The number of carbonyl (C=O) groups is 3. The molecule has 0 bridgehead atoms. The fourth-order valence-corrected chi connectivity index (χ4v) is 5.50. The molecule has 1 atom stereocenters. The van der Waals surface area contributed by atoms with Crippen LogP contribution in [0.3, 0.4) is 0 Å². The molecule has 224 valence electrons. The molecule has 1 aliphatic heterocycles. The molecule has 1 unspecified atom stereocenters. The zero-order valence-electron chi connectivity index (χ0n) is 24.1. The van der Waals surface area contributed by atoms with E-state index in [0.717, 1.165) is 42.8 Å². The molecule has 0 saturated carbocycles. The molecule has 1 saturated heterocycles. The Hall–Kier alpha value is -2.63. The number of benzene rings is 2. The predicted octanol–water partition coefficient (Wildman–Crippen LogP) is 3.33. The van der Waals surface area contributed by atoms with Gasteiger partial charge in [0.15, 0.2) is 5.25 Å². The Labute approximate surface area is 252 Å². The van der Waals surface area contributed by atoms with Crippen LogP contribution < -0.4 is 10.6 Å². The van der Waals surface area contributed by atoms with Crippen molar-refractivity contribution in [3.8, 4) is 0 Å². The molecule has 9 nitrogen and oxygen atoms in total. The van der Waals surface area contributed by atoms with Crippen molar-refractivity contribution in [2.45, 2.75) is 31.6 Å². The molecule has 2 aromatic rings.